The molecule has 0 heterocycles. The Bertz CT molecular complexity index is 426. The number of unbranched alkanes of at least 4 members (excludes halogenated alkanes) is 29. The van der Waals surface area contributed by atoms with E-state index >= 15 is 0 Å². The molecule has 0 aromatic rings. The van der Waals surface area contributed by atoms with Crippen molar-refractivity contribution in [2.75, 3.05) is 26.2 Å². The zero-order chi connectivity index (χ0) is 30.7. The van der Waals surface area contributed by atoms with E-state index in [2.05, 4.69) is 27.7 Å². The maximum absolute atomic E-state index is 2.34. The lowest BCUT2D eigenvalue weighted by Gasteiger charge is -2.40. The largest absolute Gasteiger partial charge is 0.324 e. The number of quaternary nitrogens is 1. The summed E-state index contributed by atoms with van der Waals surface area (Å²) in [4.78, 5) is 0. The van der Waals surface area contributed by atoms with Crippen LogP contribution in [0, 0.1) is 0 Å². The lowest BCUT2D eigenvalue weighted by atomic mass is 10.0. The molecule has 0 aromatic heterocycles. The highest BCUT2D eigenvalue weighted by atomic mass is 15.3. The van der Waals surface area contributed by atoms with Gasteiger partial charge in [0.1, 0.15) is 0 Å². The third-order valence-electron chi connectivity index (χ3n) is 10.2. The van der Waals surface area contributed by atoms with Crippen LogP contribution in [0.3, 0.4) is 0 Å². The van der Waals surface area contributed by atoms with Crippen LogP contribution in [0.2, 0.25) is 0 Å². The van der Waals surface area contributed by atoms with Crippen LogP contribution in [-0.4, -0.2) is 30.7 Å². The highest BCUT2D eigenvalue weighted by Crippen LogP contribution is 2.21. The van der Waals surface area contributed by atoms with Crippen LogP contribution in [0.25, 0.3) is 0 Å². The van der Waals surface area contributed by atoms with Gasteiger partial charge in [-0.05, 0) is 51.4 Å². The first-order chi connectivity index (χ1) is 20.7. The summed E-state index contributed by atoms with van der Waals surface area (Å²) < 4.78 is 1.48. The molecule has 0 aliphatic rings. The minimum absolute atomic E-state index is 1.37. The first-order valence-electron chi connectivity index (χ1n) is 20.6. The molecule has 0 fully saturated rings. The molecule has 0 bridgehead atoms. The highest BCUT2D eigenvalue weighted by Gasteiger charge is 2.25. The van der Waals surface area contributed by atoms with Gasteiger partial charge >= 0.3 is 0 Å². The molecule has 0 saturated heterocycles. The van der Waals surface area contributed by atoms with Crippen molar-refractivity contribution in [2.45, 2.75) is 240 Å². The third kappa shape index (κ3) is 30.0. The van der Waals surface area contributed by atoms with Crippen LogP contribution in [0.5, 0.6) is 0 Å². The summed E-state index contributed by atoms with van der Waals surface area (Å²) in [6, 6.07) is 0. The predicted molar refractivity (Wildman–Crippen MR) is 195 cm³/mol. The summed E-state index contributed by atoms with van der Waals surface area (Å²) >= 11 is 0. The van der Waals surface area contributed by atoms with E-state index in [0.717, 1.165) is 0 Å². The Kier molecular flexibility index (Phi) is 35.4. The van der Waals surface area contributed by atoms with E-state index in [4.69, 9.17) is 0 Å². The molecule has 0 N–H and O–H groups in total. The quantitative estimate of drug-likeness (QED) is 0.0497. The lowest BCUT2D eigenvalue weighted by Crippen LogP contribution is -2.50. The lowest BCUT2D eigenvalue weighted by molar-refractivity contribution is -0.929. The fourth-order valence-corrected chi connectivity index (χ4v) is 7.17. The Morgan fingerprint density at radius 3 is 0.500 bits per heavy atom. The van der Waals surface area contributed by atoms with Crippen molar-refractivity contribution in [3.63, 3.8) is 0 Å². The number of hydrogen-bond donors (Lipinski definition) is 0. The first kappa shape index (κ1) is 42.0. The van der Waals surface area contributed by atoms with Gasteiger partial charge in [0.25, 0.3) is 0 Å². The maximum atomic E-state index is 2.34. The minimum atomic E-state index is 1.37. The molecule has 42 heavy (non-hydrogen) atoms. The van der Waals surface area contributed by atoms with Gasteiger partial charge in [0.15, 0.2) is 0 Å². The molecule has 0 unspecified atom stereocenters. The Balaban J connectivity index is 4.71. The Morgan fingerprint density at radius 2 is 0.333 bits per heavy atom. The van der Waals surface area contributed by atoms with E-state index in [1.807, 2.05) is 0 Å². The average Bonchev–Trinajstić information content (AvgIpc) is 3.00. The molecule has 0 spiro atoms. The number of rotatable bonds is 37. The number of nitrogens with zero attached hydrogens (tertiary/aromatic N) is 1. The average molecular weight is 593 g/mol. The van der Waals surface area contributed by atoms with E-state index in [0.29, 0.717) is 0 Å². The zero-order valence-electron chi connectivity index (χ0n) is 30.6. The Labute approximate surface area is 269 Å². The third-order valence-corrected chi connectivity index (χ3v) is 10.2. The van der Waals surface area contributed by atoms with Crippen LogP contribution in [0.15, 0.2) is 0 Å². The molecule has 1 nitrogen and oxygen atoms in total. The van der Waals surface area contributed by atoms with Crippen molar-refractivity contribution in [3.05, 3.63) is 0 Å². The Hall–Kier alpha value is -0.0400. The van der Waals surface area contributed by atoms with Gasteiger partial charge in [-0.15, -0.1) is 0 Å². The van der Waals surface area contributed by atoms with Gasteiger partial charge in [-0.3, -0.25) is 0 Å². The van der Waals surface area contributed by atoms with Crippen LogP contribution >= 0.6 is 0 Å². The van der Waals surface area contributed by atoms with Crippen molar-refractivity contribution in [1.82, 2.24) is 0 Å². The van der Waals surface area contributed by atoms with Gasteiger partial charge in [-0.2, -0.15) is 0 Å². The van der Waals surface area contributed by atoms with Crippen molar-refractivity contribution in [1.29, 1.82) is 0 Å². The van der Waals surface area contributed by atoms with Crippen molar-refractivity contribution in [3.8, 4) is 0 Å². The highest BCUT2D eigenvalue weighted by molar-refractivity contribution is 4.56. The van der Waals surface area contributed by atoms with Crippen LogP contribution < -0.4 is 0 Å². The second-order valence-electron chi connectivity index (χ2n) is 14.5. The van der Waals surface area contributed by atoms with Gasteiger partial charge < -0.3 is 4.48 Å². The summed E-state index contributed by atoms with van der Waals surface area (Å²) in [5, 5.41) is 0. The smallest absolute Gasteiger partial charge is 0.0786 e. The zero-order valence-corrected chi connectivity index (χ0v) is 30.6. The molecule has 0 aliphatic carbocycles. The molecule has 1 heteroatoms. The molecule has 254 valence electrons. The monoisotopic (exact) mass is 593 g/mol. The Morgan fingerprint density at radius 1 is 0.190 bits per heavy atom. The molecule has 0 atom stereocenters. The van der Waals surface area contributed by atoms with E-state index in [-0.39, 0.29) is 0 Å². The normalized spacial score (nSPS) is 12.0. The van der Waals surface area contributed by atoms with Gasteiger partial charge in [-0.25, -0.2) is 0 Å². The maximum Gasteiger partial charge on any atom is 0.0786 e. The second-order valence-corrected chi connectivity index (χ2v) is 14.5. The molecular weight excluding hydrogens is 506 g/mol. The standard InChI is InChI=1S/C41H86N/c1-5-9-13-17-21-22-23-24-25-29-33-37-41-42(38-34-30-26-18-14-10-6-2,39-35-31-27-19-15-11-7-3)40-36-32-28-20-16-12-8-4/h5-41H2,1-4H3/q+1. The minimum Gasteiger partial charge on any atom is -0.324 e. The summed E-state index contributed by atoms with van der Waals surface area (Å²) in [6.45, 7) is 15.3. The summed E-state index contributed by atoms with van der Waals surface area (Å²) in [6.07, 6.45) is 48.2. The van der Waals surface area contributed by atoms with Gasteiger partial charge in [0.2, 0.25) is 0 Å². The van der Waals surface area contributed by atoms with Crippen molar-refractivity contribution >= 4 is 0 Å². The van der Waals surface area contributed by atoms with E-state index in [9.17, 15) is 0 Å². The van der Waals surface area contributed by atoms with Gasteiger partial charge in [-0.1, -0.05) is 188 Å². The molecule has 0 aliphatic heterocycles. The fourth-order valence-electron chi connectivity index (χ4n) is 7.17. The van der Waals surface area contributed by atoms with Crippen LogP contribution in [0.1, 0.15) is 240 Å². The van der Waals surface area contributed by atoms with Gasteiger partial charge in [0, 0.05) is 0 Å². The van der Waals surface area contributed by atoms with Gasteiger partial charge in [0.05, 0.1) is 26.2 Å². The summed E-state index contributed by atoms with van der Waals surface area (Å²) in [5.41, 5.74) is 0. The van der Waals surface area contributed by atoms with E-state index in [1.54, 1.807) is 0 Å². The van der Waals surface area contributed by atoms with Crippen molar-refractivity contribution in [2.24, 2.45) is 0 Å². The molecular formula is C41H86N+. The fraction of sp³-hybridized carbons (Fsp3) is 1.00. The molecule has 0 amide bonds. The molecule has 0 radical (unpaired) electrons. The predicted octanol–water partition coefficient (Wildman–Crippen LogP) is 14.8. The molecule has 0 aromatic carbocycles. The van der Waals surface area contributed by atoms with Crippen LogP contribution in [-0.2, 0) is 0 Å². The van der Waals surface area contributed by atoms with E-state index in [1.165, 1.54) is 243 Å². The molecule has 0 saturated carbocycles. The first-order valence-corrected chi connectivity index (χ1v) is 20.6. The van der Waals surface area contributed by atoms with Crippen molar-refractivity contribution < 1.29 is 4.48 Å². The molecule has 0 rings (SSSR count). The summed E-state index contributed by atoms with van der Waals surface area (Å²) in [7, 11) is 0. The topological polar surface area (TPSA) is 0 Å². The van der Waals surface area contributed by atoms with E-state index < -0.39 is 0 Å². The number of hydrogen-bond acceptors (Lipinski definition) is 0. The summed E-state index contributed by atoms with van der Waals surface area (Å²) in [5.74, 6) is 0. The van der Waals surface area contributed by atoms with Crippen LogP contribution in [0.4, 0.5) is 0 Å². The second kappa shape index (κ2) is 35.4. The SMILES string of the molecule is CCCCCCCCCCCCCC[N+](CCCCCCCCC)(CCCCCCCCC)CCCCCCCCC.